The van der Waals surface area contributed by atoms with E-state index in [-0.39, 0.29) is 5.41 Å². The maximum Gasteiger partial charge on any atom is 0.202 e. The van der Waals surface area contributed by atoms with E-state index in [1.54, 1.807) is 0 Å². The van der Waals surface area contributed by atoms with Crippen LogP contribution in [0.15, 0.2) is 22.6 Å². The molecule has 0 saturated carbocycles. The second kappa shape index (κ2) is 3.84. The first-order chi connectivity index (χ1) is 8.21. The number of oxazole rings is 1. The van der Waals surface area contributed by atoms with Gasteiger partial charge in [-0.25, -0.2) is 4.98 Å². The van der Waals surface area contributed by atoms with Gasteiger partial charge in [-0.1, -0.05) is 13.0 Å². The van der Waals surface area contributed by atoms with Crippen molar-refractivity contribution in [3.63, 3.8) is 0 Å². The molecule has 3 nitrogen and oxygen atoms in total. The van der Waals surface area contributed by atoms with E-state index in [1.165, 1.54) is 5.56 Å². The van der Waals surface area contributed by atoms with Crippen molar-refractivity contribution in [2.45, 2.75) is 32.1 Å². The highest BCUT2D eigenvalue weighted by atomic mass is 16.3. The molecule has 2 heterocycles. The molecule has 1 aromatic carbocycles. The van der Waals surface area contributed by atoms with Crippen LogP contribution in [0.5, 0.6) is 0 Å². The molecule has 1 unspecified atom stereocenters. The van der Waals surface area contributed by atoms with E-state index in [1.807, 2.05) is 6.07 Å². The van der Waals surface area contributed by atoms with Crippen LogP contribution in [-0.2, 0) is 11.8 Å². The molecule has 0 spiro atoms. The monoisotopic (exact) mass is 230 g/mol. The van der Waals surface area contributed by atoms with Crippen LogP contribution in [0.1, 0.15) is 31.7 Å². The zero-order valence-electron chi connectivity index (χ0n) is 10.4. The van der Waals surface area contributed by atoms with Crippen molar-refractivity contribution in [3.05, 3.63) is 29.7 Å². The summed E-state index contributed by atoms with van der Waals surface area (Å²) in [5, 5.41) is 3.38. The molecule has 2 aromatic rings. The summed E-state index contributed by atoms with van der Waals surface area (Å²) in [6.07, 6.45) is 2.14. The van der Waals surface area contributed by atoms with Gasteiger partial charge in [0.2, 0.25) is 5.89 Å². The standard InChI is InChI=1S/C14H18N2O/c1-3-10-4-5-12-11(8-10)16-13(17-12)14(2)6-7-15-9-14/h4-5,8,15H,3,6-7,9H2,1-2H3. The van der Waals surface area contributed by atoms with Gasteiger partial charge in [-0.3, -0.25) is 0 Å². The molecular formula is C14H18N2O. The second-order valence-electron chi connectivity index (χ2n) is 5.16. The van der Waals surface area contributed by atoms with Gasteiger partial charge in [0.25, 0.3) is 0 Å². The number of benzene rings is 1. The zero-order valence-corrected chi connectivity index (χ0v) is 10.4. The molecule has 3 rings (SSSR count). The molecule has 1 N–H and O–H groups in total. The van der Waals surface area contributed by atoms with E-state index in [0.717, 1.165) is 42.9 Å². The second-order valence-corrected chi connectivity index (χ2v) is 5.16. The van der Waals surface area contributed by atoms with Crippen molar-refractivity contribution >= 4 is 11.1 Å². The van der Waals surface area contributed by atoms with Crippen LogP contribution in [0.2, 0.25) is 0 Å². The molecule has 1 fully saturated rings. The number of aryl methyl sites for hydroxylation is 1. The Kier molecular flexibility index (Phi) is 2.44. The molecule has 1 aliphatic heterocycles. The minimum absolute atomic E-state index is 0.0609. The summed E-state index contributed by atoms with van der Waals surface area (Å²) in [6.45, 7) is 6.39. The number of hydrogen-bond donors (Lipinski definition) is 1. The van der Waals surface area contributed by atoms with Crippen molar-refractivity contribution in [2.24, 2.45) is 0 Å². The minimum Gasteiger partial charge on any atom is -0.440 e. The van der Waals surface area contributed by atoms with Gasteiger partial charge >= 0.3 is 0 Å². The summed E-state index contributed by atoms with van der Waals surface area (Å²) >= 11 is 0. The Morgan fingerprint density at radius 3 is 3.06 bits per heavy atom. The van der Waals surface area contributed by atoms with Crippen LogP contribution in [0.3, 0.4) is 0 Å². The van der Waals surface area contributed by atoms with E-state index < -0.39 is 0 Å². The average Bonchev–Trinajstić information content (AvgIpc) is 2.94. The summed E-state index contributed by atoms with van der Waals surface area (Å²) in [7, 11) is 0. The molecule has 1 aromatic heterocycles. The average molecular weight is 230 g/mol. The van der Waals surface area contributed by atoms with Gasteiger partial charge in [-0.2, -0.15) is 0 Å². The lowest BCUT2D eigenvalue weighted by atomic mass is 9.90. The molecule has 17 heavy (non-hydrogen) atoms. The smallest absolute Gasteiger partial charge is 0.202 e. The van der Waals surface area contributed by atoms with Gasteiger partial charge in [-0.15, -0.1) is 0 Å². The Morgan fingerprint density at radius 1 is 1.47 bits per heavy atom. The Balaban J connectivity index is 2.07. The predicted octanol–water partition coefficient (Wildman–Crippen LogP) is 2.64. The van der Waals surface area contributed by atoms with Gasteiger partial charge in [0.1, 0.15) is 5.52 Å². The third kappa shape index (κ3) is 1.75. The van der Waals surface area contributed by atoms with E-state index >= 15 is 0 Å². The van der Waals surface area contributed by atoms with Crippen LogP contribution < -0.4 is 5.32 Å². The molecule has 1 atom stereocenters. The number of rotatable bonds is 2. The minimum atomic E-state index is 0.0609. The van der Waals surface area contributed by atoms with Gasteiger partial charge in [0, 0.05) is 6.54 Å². The first kappa shape index (κ1) is 10.8. The topological polar surface area (TPSA) is 38.1 Å². The Hall–Kier alpha value is -1.35. The number of nitrogens with zero attached hydrogens (tertiary/aromatic N) is 1. The van der Waals surface area contributed by atoms with Crippen molar-refractivity contribution in [2.75, 3.05) is 13.1 Å². The fourth-order valence-corrected chi connectivity index (χ4v) is 2.45. The Morgan fingerprint density at radius 2 is 2.35 bits per heavy atom. The molecular weight excluding hydrogens is 212 g/mol. The van der Waals surface area contributed by atoms with Crippen LogP contribution in [0.4, 0.5) is 0 Å². The van der Waals surface area contributed by atoms with Crippen LogP contribution in [0, 0.1) is 0 Å². The molecule has 0 radical (unpaired) electrons. The highest BCUT2D eigenvalue weighted by Gasteiger charge is 2.35. The van der Waals surface area contributed by atoms with E-state index in [2.05, 4.69) is 36.3 Å². The summed E-state index contributed by atoms with van der Waals surface area (Å²) in [5.74, 6) is 0.880. The lowest BCUT2D eigenvalue weighted by molar-refractivity contribution is 0.382. The van der Waals surface area contributed by atoms with Gasteiger partial charge < -0.3 is 9.73 Å². The highest BCUT2D eigenvalue weighted by Crippen LogP contribution is 2.31. The van der Waals surface area contributed by atoms with Crippen molar-refractivity contribution in [3.8, 4) is 0 Å². The van der Waals surface area contributed by atoms with Gasteiger partial charge in [-0.05, 0) is 44.0 Å². The number of aromatic nitrogens is 1. The third-order valence-electron chi connectivity index (χ3n) is 3.75. The number of nitrogens with one attached hydrogen (secondary N) is 1. The van der Waals surface area contributed by atoms with Crippen molar-refractivity contribution < 1.29 is 4.42 Å². The fourth-order valence-electron chi connectivity index (χ4n) is 2.45. The number of hydrogen-bond acceptors (Lipinski definition) is 3. The maximum absolute atomic E-state index is 5.90. The summed E-state index contributed by atoms with van der Waals surface area (Å²) in [5.41, 5.74) is 3.27. The van der Waals surface area contributed by atoms with E-state index in [9.17, 15) is 0 Å². The van der Waals surface area contributed by atoms with Crippen LogP contribution in [0.25, 0.3) is 11.1 Å². The number of fused-ring (bicyclic) bond motifs is 1. The van der Waals surface area contributed by atoms with Crippen molar-refractivity contribution in [1.29, 1.82) is 0 Å². The lowest BCUT2D eigenvalue weighted by Gasteiger charge is -2.16. The molecule has 3 heteroatoms. The van der Waals surface area contributed by atoms with Crippen molar-refractivity contribution in [1.82, 2.24) is 10.3 Å². The van der Waals surface area contributed by atoms with Gasteiger partial charge in [0.05, 0.1) is 5.41 Å². The first-order valence-electron chi connectivity index (χ1n) is 6.32. The molecule has 1 saturated heterocycles. The summed E-state index contributed by atoms with van der Waals surface area (Å²) < 4.78 is 5.90. The zero-order chi connectivity index (χ0) is 11.9. The predicted molar refractivity (Wildman–Crippen MR) is 68.2 cm³/mol. The third-order valence-corrected chi connectivity index (χ3v) is 3.75. The largest absolute Gasteiger partial charge is 0.440 e. The molecule has 1 aliphatic rings. The SMILES string of the molecule is CCc1ccc2oc(C3(C)CCNC3)nc2c1. The molecule has 90 valence electrons. The fraction of sp³-hybridized carbons (Fsp3) is 0.500. The first-order valence-corrected chi connectivity index (χ1v) is 6.32. The normalized spacial score (nSPS) is 24.6. The van der Waals surface area contributed by atoms with Gasteiger partial charge in [0.15, 0.2) is 5.58 Å². The Labute approximate surface area is 101 Å². The van der Waals surface area contributed by atoms with Crippen LogP contribution in [-0.4, -0.2) is 18.1 Å². The lowest BCUT2D eigenvalue weighted by Crippen LogP contribution is -2.25. The van der Waals surface area contributed by atoms with E-state index in [4.69, 9.17) is 4.42 Å². The molecule has 0 aliphatic carbocycles. The highest BCUT2D eigenvalue weighted by molar-refractivity contribution is 5.73. The maximum atomic E-state index is 5.90. The quantitative estimate of drug-likeness (QED) is 0.862. The summed E-state index contributed by atoms with van der Waals surface area (Å²) in [6, 6.07) is 6.29. The molecule has 0 amide bonds. The van der Waals surface area contributed by atoms with Crippen LogP contribution >= 0.6 is 0 Å². The summed E-state index contributed by atoms with van der Waals surface area (Å²) in [4.78, 5) is 4.67. The molecule has 0 bridgehead atoms. The Bertz CT molecular complexity index is 538. The van der Waals surface area contributed by atoms with E-state index in [0.29, 0.717) is 0 Å².